The van der Waals surface area contributed by atoms with E-state index in [1.165, 1.54) is 25.6 Å². The minimum atomic E-state index is -0.568. The van der Waals surface area contributed by atoms with Gasteiger partial charge in [-0.1, -0.05) is 28.0 Å². The lowest BCUT2D eigenvalue weighted by molar-refractivity contribution is -0.121. The first-order valence-corrected chi connectivity index (χ1v) is 13.9. The molecule has 1 fully saturated rings. The number of ether oxygens (including phenoxy) is 3. The molecule has 1 aromatic rings. The minimum absolute atomic E-state index is 0.0812. The average molecular weight is 514 g/mol. The Labute approximate surface area is 209 Å². The van der Waals surface area contributed by atoms with Gasteiger partial charge in [0.1, 0.15) is 5.75 Å². The van der Waals surface area contributed by atoms with Crippen LogP contribution < -0.4 is 20.7 Å². The molecule has 1 unspecified atom stereocenters. The van der Waals surface area contributed by atoms with Gasteiger partial charge in [0.15, 0.2) is 0 Å². The van der Waals surface area contributed by atoms with Gasteiger partial charge in [0, 0.05) is 43.1 Å². The predicted octanol–water partition coefficient (Wildman–Crippen LogP) is 3.00. The molecule has 1 aromatic carbocycles. The van der Waals surface area contributed by atoms with Crippen LogP contribution in [-0.4, -0.2) is 75.5 Å². The minimum Gasteiger partial charge on any atom is -0.410 e. The SMILES string of the molecule is CNC(=O)Oc1ccc(C(=O)NCCOCCOCCNC(=O)CCCCC2CCSS2)cc1. The van der Waals surface area contributed by atoms with Crippen molar-refractivity contribution in [3.8, 4) is 5.75 Å². The van der Waals surface area contributed by atoms with Crippen molar-refractivity contribution in [2.45, 2.75) is 37.4 Å². The van der Waals surface area contributed by atoms with Crippen molar-refractivity contribution in [3.05, 3.63) is 29.8 Å². The maximum atomic E-state index is 12.1. The third kappa shape index (κ3) is 12.5. The van der Waals surface area contributed by atoms with Crippen LogP contribution in [0.3, 0.4) is 0 Å². The number of hydrogen-bond donors (Lipinski definition) is 3. The fourth-order valence-electron chi connectivity index (χ4n) is 3.07. The largest absolute Gasteiger partial charge is 0.412 e. The summed E-state index contributed by atoms with van der Waals surface area (Å²) in [5.41, 5.74) is 0.460. The maximum Gasteiger partial charge on any atom is 0.412 e. The standard InChI is InChI=1S/C23H35N3O6S2/c1-24-23(29)32-19-8-6-18(7-9-19)22(28)26-12-14-31-16-15-30-13-11-25-21(27)5-3-2-4-20-10-17-33-34-20/h6-9,20H,2-5,10-17H2,1H3,(H,24,29)(H,25,27)(H,26,28). The molecule has 0 bridgehead atoms. The van der Waals surface area contributed by atoms with Crippen molar-refractivity contribution >= 4 is 39.5 Å². The van der Waals surface area contributed by atoms with Crippen LogP contribution in [-0.2, 0) is 14.3 Å². The van der Waals surface area contributed by atoms with Gasteiger partial charge >= 0.3 is 6.09 Å². The van der Waals surface area contributed by atoms with Gasteiger partial charge in [0.05, 0.1) is 26.4 Å². The number of unbranched alkanes of at least 4 members (excludes halogenated alkanes) is 1. The van der Waals surface area contributed by atoms with Crippen LogP contribution >= 0.6 is 21.6 Å². The normalized spacial score (nSPS) is 15.0. The number of carbonyl (C=O) groups is 3. The van der Waals surface area contributed by atoms with Gasteiger partial charge in [-0.25, -0.2) is 4.79 Å². The van der Waals surface area contributed by atoms with Gasteiger partial charge in [0.25, 0.3) is 5.91 Å². The predicted molar refractivity (Wildman–Crippen MR) is 135 cm³/mol. The lowest BCUT2D eigenvalue weighted by atomic mass is 10.1. The van der Waals surface area contributed by atoms with Crippen LogP contribution in [0, 0.1) is 0 Å². The van der Waals surface area contributed by atoms with Crippen molar-refractivity contribution in [2.75, 3.05) is 52.3 Å². The molecular formula is C23H35N3O6S2. The second kappa shape index (κ2) is 17.5. The van der Waals surface area contributed by atoms with E-state index in [1.54, 1.807) is 24.3 Å². The summed E-state index contributed by atoms with van der Waals surface area (Å²) in [7, 11) is 5.41. The number of carbonyl (C=O) groups excluding carboxylic acids is 3. The van der Waals surface area contributed by atoms with E-state index in [9.17, 15) is 14.4 Å². The first kappa shape index (κ1) is 28.3. The van der Waals surface area contributed by atoms with Crippen LogP contribution in [0.15, 0.2) is 24.3 Å². The third-order valence-corrected chi connectivity index (χ3v) is 7.92. The molecular weight excluding hydrogens is 478 g/mol. The topological polar surface area (TPSA) is 115 Å². The second-order valence-electron chi connectivity index (χ2n) is 7.57. The second-order valence-corrected chi connectivity index (χ2v) is 10.4. The first-order valence-electron chi connectivity index (χ1n) is 11.6. The Bertz CT molecular complexity index is 745. The summed E-state index contributed by atoms with van der Waals surface area (Å²) < 4.78 is 15.9. The van der Waals surface area contributed by atoms with E-state index in [2.05, 4.69) is 16.0 Å². The van der Waals surface area contributed by atoms with Gasteiger partial charge in [0.2, 0.25) is 5.91 Å². The molecule has 0 aromatic heterocycles. The lowest BCUT2D eigenvalue weighted by Crippen LogP contribution is -2.28. The van der Waals surface area contributed by atoms with E-state index < -0.39 is 6.09 Å². The number of nitrogens with one attached hydrogen (secondary N) is 3. The van der Waals surface area contributed by atoms with Crippen molar-refractivity contribution < 1.29 is 28.6 Å². The molecule has 1 aliphatic rings. The zero-order chi connectivity index (χ0) is 24.4. The molecule has 1 atom stereocenters. The summed E-state index contributed by atoms with van der Waals surface area (Å²) in [6.45, 7) is 2.50. The summed E-state index contributed by atoms with van der Waals surface area (Å²) in [5.74, 6) is 1.45. The van der Waals surface area contributed by atoms with Crippen molar-refractivity contribution in [3.63, 3.8) is 0 Å². The van der Waals surface area contributed by atoms with Crippen LogP contribution in [0.5, 0.6) is 5.75 Å². The van der Waals surface area contributed by atoms with Crippen molar-refractivity contribution in [1.82, 2.24) is 16.0 Å². The Morgan fingerprint density at radius 3 is 2.32 bits per heavy atom. The highest BCUT2D eigenvalue weighted by atomic mass is 33.1. The van der Waals surface area contributed by atoms with E-state index in [1.807, 2.05) is 21.6 Å². The highest BCUT2D eigenvalue weighted by Gasteiger charge is 2.15. The Kier molecular flexibility index (Phi) is 14.5. The molecule has 9 nitrogen and oxygen atoms in total. The molecule has 3 N–H and O–H groups in total. The Morgan fingerprint density at radius 2 is 1.68 bits per heavy atom. The maximum absolute atomic E-state index is 12.1. The average Bonchev–Trinajstić information content (AvgIpc) is 3.37. The van der Waals surface area contributed by atoms with E-state index in [-0.39, 0.29) is 11.8 Å². The number of hydrogen-bond acceptors (Lipinski definition) is 8. The first-order chi connectivity index (χ1) is 16.6. The van der Waals surface area contributed by atoms with Gasteiger partial charge in [-0.2, -0.15) is 0 Å². The summed E-state index contributed by atoms with van der Waals surface area (Å²) in [6, 6.07) is 6.26. The van der Waals surface area contributed by atoms with Crippen LogP contribution in [0.1, 0.15) is 42.5 Å². The monoisotopic (exact) mass is 513 g/mol. The van der Waals surface area contributed by atoms with Crippen molar-refractivity contribution in [1.29, 1.82) is 0 Å². The lowest BCUT2D eigenvalue weighted by Gasteiger charge is -2.09. The number of benzene rings is 1. The zero-order valence-electron chi connectivity index (χ0n) is 19.6. The molecule has 190 valence electrons. The fourth-order valence-corrected chi connectivity index (χ4v) is 6.09. The van der Waals surface area contributed by atoms with E-state index in [0.29, 0.717) is 57.3 Å². The number of rotatable bonds is 16. The summed E-state index contributed by atoms with van der Waals surface area (Å²) in [4.78, 5) is 35.1. The summed E-state index contributed by atoms with van der Waals surface area (Å²) in [6.07, 6.45) is 4.57. The molecule has 0 saturated carbocycles. The highest BCUT2D eigenvalue weighted by Crippen LogP contribution is 2.39. The zero-order valence-corrected chi connectivity index (χ0v) is 21.3. The molecule has 0 spiro atoms. The molecule has 1 saturated heterocycles. The quantitative estimate of drug-likeness (QED) is 0.228. The Morgan fingerprint density at radius 1 is 0.971 bits per heavy atom. The Balaban J connectivity index is 1.38. The molecule has 0 radical (unpaired) electrons. The summed E-state index contributed by atoms with van der Waals surface area (Å²) in [5, 5.41) is 8.75. The molecule has 3 amide bonds. The molecule has 1 heterocycles. The molecule has 34 heavy (non-hydrogen) atoms. The highest BCUT2D eigenvalue weighted by molar-refractivity contribution is 8.77. The molecule has 0 aliphatic carbocycles. The van der Waals surface area contributed by atoms with E-state index >= 15 is 0 Å². The van der Waals surface area contributed by atoms with Crippen LogP contribution in [0.2, 0.25) is 0 Å². The molecule has 1 aliphatic heterocycles. The van der Waals surface area contributed by atoms with Gasteiger partial charge in [-0.3, -0.25) is 9.59 Å². The van der Waals surface area contributed by atoms with Gasteiger partial charge < -0.3 is 30.2 Å². The van der Waals surface area contributed by atoms with E-state index in [4.69, 9.17) is 14.2 Å². The van der Waals surface area contributed by atoms with Crippen LogP contribution in [0.4, 0.5) is 4.79 Å². The fraction of sp³-hybridized carbons (Fsp3) is 0.609. The number of amides is 3. The molecule has 11 heteroatoms. The van der Waals surface area contributed by atoms with Crippen molar-refractivity contribution in [2.24, 2.45) is 0 Å². The smallest absolute Gasteiger partial charge is 0.410 e. The van der Waals surface area contributed by atoms with Gasteiger partial charge in [-0.05, 0) is 43.5 Å². The Hall–Kier alpha value is -1.95. The van der Waals surface area contributed by atoms with Crippen LogP contribution in [0.25, 0.3) is 0 Å². The summed E-state index contributed by atoms with van der Waals surface area (Å²) >= 11 is 0. The third-order valence-electron chi connectivity index (χ3n) is 4.91. The van der Waals surface area contributed by atoms with E-state index in [0.717, 1.165) is 18.1 Å². The van der Waals surface area contributed by atoms with Gasteiger partial charge in [-0.15, -0.1) is 0 Å². The molecule has 2 rings (SSSR count).